The number of amides is 1. The summed E-state index contributed by atoms with van der Waals surface area (Å²) in [7, 11) is -2.21. The second-order valence-corrected chi connectivity index (χ2v) is 12.1. The lowest BCUT2D eigenvalue weighted by Crippen LogP contribution is -2.35. The summed E-state index contributed by atoms with van der Waals surface area (Å²) in [5, 5.41) is 1.06. The molecule has 2 aliphatic rings. The van der Waals surface area contributed by atoms with E-state index >= 15 is 0 Å². The van der Waals surface area contributed by atoms with E-state index in [1.54, 1.807) is 13.2 Å². The molecule has 0 bridgehead atoms. The predicted molar refractivity (Wildman–Crippen MR) is 149 cm³/mol. The molecule has 1 heterocycles. The number of sulfonamides is 1. The molecule has 1 aliphatic carbocycles. The molecular weight excluding hydrogens is 554 g/mol. The summed E-state index contributed by atoms with van der Waals surface area (Å²) >= 11 is 12.4. The summed E-state index contributed by atoms with van der Waals surface area (Å²) < 4.78 is 50.8. The highest BCUT2D eigenvalue weighted by Gasteiger charge is 2.30. The fraction of sp³-hybridized carbons (Fsp3) is 0.519. The van der Waals surface area contributed by atoms with E-state index in [-0.39, 0.29) is 11.5 Å². The first-order valence-corrected chi connectivity index (χ1v) is 15.4. The number of benzene rings is 2. The topological polar surface area (TPSA) is 84.9 Å². The number of piperidine rings is 1. The van der Waals surface area contributed by atoms with E-state index in [0.29, 0.717) is 40.6 Å². The van der Waals surface area contributed by atoms with Crippen LogP contribution < -0.4 is 14.2 Å². The highest BCUT2D eigenvalue weighted by molar-refractivity contribution is 7.89. The van der Waals surface area contributed by atoms with Crippen molar-refractivity contribution in [2.75, 3.05) is 33.1 Å². The van der Waals surface area contributed by atoms with Crippen molar-refractivity contribution < 1.29 is 27.1 Å². The Morgan fingerprint density at radius 1 is 1.11 bits per heavy atom. The number of carbonyl (C=O) groups excluding carboxylic acids is 1. The van der Waals surface area contributed by atoms with Crippen molar-refractivity contribution >= 4 is 39.1 Å². The number of ether oxygens (including phenoxy) is 2. The molecule has 0 radical (unpaired) electrons. The summed E-state index contributed by atoms with van der Waals surface area (Å²) in [6.07, 6.45) is 4.52. The summed E-state index contributed by atoms with van der Waals surface area (Å²) in [4.78, 5) is 14.5. The molecule has 0 aromatic heterocycles. The highest BCUT2D eigenvalue weighted by Crippen LogP contribution is 2.45. The first-order chi connectivity index (χ1) is 18.0. The molecule has 4 rings (SSSR count). The fourth-order valence-electron chi connectivity index (χ4n) is 4.53. The van der Waals surface area contributed by atoms with Crippen LogP contribution in [-0.4, -0.2) is 52.3 Å². The van der Waals surface area contributed by atoms with E-state index < -0.39 is 21.7 Å². The van der Waals surface area contributed by atoms with Crippen LogP contribution in [-0.2, 0) is 16.6 Å². The molecule has 11 heteroatoms. The molecule has 1 amide bonds. The van der Waals surface area contributed by atoms with Crippen molar-refractivity contribution in [3.05, 3.63) is 56.8 Å². The monoisotopic (exact) mass is 588 g/mol. The Bertz CT molecular complexity index is 1250. The third-order valence-corrected chi connectivity index (χ3v) is 7.56. The summed E-state index contributed by atoms with van der Waals surface area (Å²) in [5.74, 6) is -0.240. The SMILES string of the molecule is CC.COc1c(Cl)cc(Cl)cc1CN1CCC(COc2cc(F)c(C(=O)NS(C)(=O)=O)cc2C2CC2)CC1. The van der Waals surface area contributed by atoms with Gasteiger partial charge in [0.05, 0.1) is 30.6 Å². The zero-order valence-corrected chi connectivity index (χ0v) is 24.5. The van der Waals surface area contributed by atoms with Gasteiger partial charge in [-0.3, -0.25) is 9.69 Å². The molecule has 0 spiro atoms. The van der Waals surface area contributed by atoms with Crippen LogP contribution in [0.2, 0.25) is 10.0 Å². The third kappa shape index (κ3) is 8.21. The molecule has 2 aromatic rings. The second-order valence-electron chi connectivity index (χ2n) is 9.46. The molecule has 0 atom stereocenters. The van der Waals surface area contributed by atoms with Gasteiger partial charge in [0.25, 0.3) is 5.91 Å². The normalized spacial score (nSPS) is 16.4. The Kier molecular flexibility index (Phi) is 10.7. The Labute approximate surface area is 234 Å². The van der Waals surface area contributed by atoms with Gasteiger partial charge in [0, 0.05) is 23.2 Å². The standard InChI is InChI=1S/C25H29Cl2FN2O5S.C2H6/c1-34-24-17(9-18(26)10-21(24)27)13-30-7-5-15(6-8-30)14-35-23-12-22(28)20(11-19(23)16-3-4-16)25(31)29-36(2,32)33;1-2/h9-12,15-16H,3-8,13-14H2,1-2H3,(H,29,31);1-2H3. The lowest BCUT2D eigenvalue weighted by Gasteiger charge is -2.32. The minimum Gasteiger partial charge on any atom is -0.495 e. The first kappa shape index (κ1) is 30.5. The fourth-order valence-corrected chi connectivity index (χ4v) is 5.59. The van der Waals surface area contributed by atoms with Crippen LogP contribution in [0.4, 0.5) is 4.39 Å². The number of nitrogens with one attached hydrogen (secondary N) is 1. The smallest absolute Gasteiger partial charge is 0.267 e. The van der Waals surface area contributed by atoms with Crippen molar-refractivity contribution in [2.45, 2.75) is 52.0 Å². The third-order valence-electron chi connectivity index (χ3n) is 6.50. The van der Waals surface area contributed by atoms with Crippen LogP contribution in [0.5, 0.6) is 11.5 Å². The van der Waals surface area contributed by atoms with E-state index in [9.17, 15) is 17.6 Å². The van der Waals surface area contributed by atoms with Crippen molar-refractivity contribution in [3.63, 3.8) is 0 Å². The van der Waals surface area contributed by atoms with Crippen molar-refractivity contribution in [3.8, 4) is 11.5 Å². The van der Waals surface area contributed by atoms with Crippen LogP contribution in [0.1, 0.15) is 66.9 Å². The van der Waals surface area contributed by atoms with Gasteiger partial charge >= 0.3 is 0 Å². The maximum absolute atomic E-state index is 14.7. The van der Waals surface area contributed by atoms with E-state index in [1.165, 1.54) is 12.1 Å². The van der Waals surface area contributed by atoms with E-state index in [0.717, 1.165) is 56.2 Å². The molecule has 1 saturated carbocycles. The molecule has 7 nitrogen and oxygen atoms in total. The van der Waals surface area contributed by atoms with Crippen LogP contribution in [0, 0.1) is 11.7 Å². The maximum Gasteiger partial charge on any atom is 0.267 e. The summed E-state index contributed by atoms with van der Waals surface area (Å²) in [6.45, 7) is 6.82. The Hall–Kier alpha value is -2.07. The Balaban J connectivity index is 0.00000195. The van der Waals surface area contributed by atoms with Crippen molar-refractivity contribution in [1.29, 1.82) is 0 Å². The minimum atomic E-state index is -3.80. The molecule has 1 N–H and O–H groups in total. The number of hydrogen-bond donors (Lipinski definition) is 1. The van der Waals surface area contributed by atoms with Gasteiger partial charge in [-0.1, -0.05) is 37.0 Å². The van der Waals surface area contributed by atoms with Crippen LogP contribution in [0.25, 0.3) is 0 Å². The number of carbonyl (C=O) groups is 1. The number of nitrogens with zero attached hydrogens (tertiary/aromatic N) is 1. The predicted octanol–water partition coefficient (Wildman–Crippen LogP) is 6.03. The Morgan fingerprint density at radius 2 is 1.76 bits per heavy atom. The minimum absolute atomic E-state index is 0.187. The van der Waals surface area contributed by atoms with Crippen molar-refractivity contribution in [1.82, 2.24) is 9.62 Å². The highest BCUT2D eigenvalue weighted by atomic mass is 35.5. The van der Waals surface area contributed by atoms with E-state index in [1.807, 2.05) is 24.6 Å². The van der Waals surface area contributed by atoms with Crippen LogP contribution in [0.15, 0.2) is 24.3 Å². The van der Waals surface area contributed by atoms with Gasteiger partial charge in [0.2, 0.25) is 10.0 Å². The molecule has 1 aliphatic heterocycles. The quantitative estimate of drug-likeness (QED) is 0.385. The number of hydrogen-bond acceptors (Lipinski definition) is 6. The molecule has 38 heavy (non-hydrogen) atoms. The van der Waals surface area contributed by atoms with Gasteiger partial charge in [-0.2, -0.15) is 0 Å². The van der Waals surface area contributed by atoms with Crippen LogP contribution >= 0.6 is 23.2 Å². The summed E-state index contributed by atoms with van der Waals surface area (Å²) in [6, 6.07) is 6.16. The van der Waals surface area contributed by atoms with Gasteiger partial charge in [-0.15, -0.1) is 0 Å². The van der Waals surface area contributed by atoms with Crippen molar-refractivity contribution in [2.24, 2.45) is 5.92 Å². The molecule has 1 saturated heterocycles. The number of rotatable bonds is 9. The van der Waals surface area contributed by atoms with Crippen LogP contribution in [0.3, 0.4) is 0 Å². The number of likely N-dealkylation sites (tertiary alicyclic amines) is 1. The average Bonchev–Trinajstić information content (AvgIpc) is 3.69. The molecule has 2 fully saturated rings. The molecular formula is C27H35Cl2FN2O5S. The number of methoxy groups -OCH3 is 1. The summed E-state index contributed by atoms with van der Waals surface area (Å²) in [5.41, 5.74) is 1.39. The molecule has 0 unspecified atom stereocenters. The van der Waals surface area contributed by atoms with E-state index in [2.05, 4.69) is 4.90 Å². The molecule has 210 valence electrons. The van der Waals surface area contributed by atoms with Gasteiger partial charge in [-0.25, -0.2) is 17.5 Å². The van der Waals surface area contributed by atoms with Gasteiger partial charge < -0.3 is 9.47 Å². The molecule has 2 aromatic carbocycles. The average molecular weight is 590 g/mol. The largest absolute Gasteiger partial charge is 0.495 e. The van der Waals surface area contributed by atoms with Gasteiger partial charge in [-0.05, 0) is 74.4 Å². The lowest BCUT2D eigenvalue weighted by molar-refractivity contribution is 0.0977. The lowest BCUT2D eigenvalue weighted by atomic mass is 9.97. The van der Waals surface area contributed by atoms with Gasteiger partial charge in [0.15, 0.2) is 0 Å². The zero-order chi connectivity index (χ0) is 28.0. The Morgan fingerprint density at radius 3 is 2.34 bits per heavy atom. The zero-order valence-electron chi connectivity index (χ0n) is 22.2. The first-order valence-electron chi connectivity index (χ1n) is 12.8. The second kappa shape index (κ2) is 13.3. The van der Waals surface area contributed by atoms with Gasteiger partial charge in [0.1, 0.15) is 17.3 Å². The van der Waals surface area contributed by atoms with E-state index in [4.69, 9.17) is 32.7 Å². The number of halogens is 3. The maximum atomic E-state index is 14.7.